The maximum absolute atomic E-state index is 12.1. The molecule has 3 rings (SSSR count). The molecule has 0 radical (unpaired) electrons. The highest BCUT2D eigenvalue weighted by molar-refractivity contribution is 9.10. The molecule has 2 N–H and O–H groups in total. The van der Waals surface area contributed by atoms with Crippen LogP contribution in [0.3, 0.4) is 0 Å². The number of nitrogens with zero attached hydrogens (tertiary/aromatic N) is 1. The Hall–Kier alpha value is -2.58. The first kappa shape index (κ1) is 26.0. The number of benzene rings is 3. The van der Waals surface area contributed by atoms with E-state index < -0.39 is 0 Å². The lowest BCUT2D eigenvalue weighted by atomic mass is 10.2. The van der Waals surface area contributed by atoms with Crippen LogP contribution in [0.15, 0.2) is 70.2 Å². The molecule has 0 saturated heterocycles. The maximum Gasteiger partial charge on any atom is 0.251 e. The molecule has 0 fully saturated rings. The Morgan fingerprint density at radius 3 is 2.53 bits per heavy atom. The second kappa shape index (κ2) is 12.8. The Balaban J connectivity index is 1.50. The molecule has 3 aromatic rings. The summed E-state index contributed by atoms with van der Waals surface area (Å²) in [6, 6.07) is 17.4. The Bertz CT molecular complexity index is 1220. The fraction of sp³-hybridized carbons (Fsp3) is 0.125. The Kier molecular flexibility index (Phi) is 9.77. The summed E-state index contributed by atoms with van der Waals surface area (Å²) in [5, 5.41) is 7.90. The summed E-state index contributed by atoms with van der Waals surface area (Å²) in [5.41, 5.74) is 4.31. The number of amides is 2. The molecule has 0 spiro atoms. The summed E-state index contributed by atoms with van der Waals surface area (Å²) in [6.45, 7) is 0.413. The van der Waals surface area contributed by atoms with Crippen LogP contribution in [0.25, 0.3) is 0 Å². The Labute approximate surface area is 220 Å². The third-order valence-corrected chi connectivity index (χ3v) is 6.13. The maximum atomic E-state index is 12.1. The van der Waals surface area contributed by atoms with Crippen molar-refractivity contribution in [2.75, 3.05) is 6.54 Å². The van der Waals surface area contributed by atoms with Crippen molar-refractivity contribution in [1.29, 1.82) is 0 Å². The molecular weight excluding hydrogens is 565 g/mol. The van der Waals surface area contributed by atoms with Crippen molar-refractivity contribution in [3.05, 3.63) is 96.9 Å². The van der Waals surface area contributed by atoms with E-state index in [0.29, 0.717) is 26.9 Å². The molecular formula is C24H19BrCl3N3O3. The first-order valence-corrected chi connectivity index (χ1v) is 12.0. The summed E-state index contributed by atoms with van der Waals surface area (Å²) in [4.78, 5) is 24.2. The summed E-state index contributed by atoms with van der Waals surface area (Å²) >= 11 is 21.4. The zero-order valence-corrected chi connectivity index (χ0v) is 21.5. The van der Waals surface area contributed by atoms with Gasteiger partial charge < -0.3 is 10.1 Å². The topological polar surface area (TPSA) is 79.8 Å². The highest BCUT2D eigenvalue weighted by Gasteiger charge is 2.09. The number of hydrogen-bond donors (Lipinski definition) is 2. The van der Waals surface area contributed by atoms with Crippen LogP contribution in [0.1, 0.15) is 27.9 Å². The second-order valence-corrected chi connectivity index (χ2v) is 9.13. The van der Waals surface area contributed by atoms with Gasteiger partial charge in [-0.1, -0.05) is 68.9 Å². The van der Waals surface area contributed by atoms with Crippen LogP contribution in [0.5, 0.6) is 5.75 Å². The monoisotopic (exact) mass is 581 g/mol. The van der Waals surface area contributed by atoms with Gasteiger partial charge in [-0.3, -0.25) is 9.59 Å². The number of rotatable bonds is 9. The van der Waals surface area contributed by atoms with Crippen molar-refractivity contribution >= 4 is 68.8 Å². The quantitative estimate of drug-likeness (QED) is 0.231. The molecule has 176 valence electrons. The SMILES string of the molecule is O=C(CCNC(=O)c1ccc(Cl)c(Cl)c1)NN=Cc1cc(Br)ccc1OCc1ccccc1Cl. The standard InChI is InChI=1S/C24H19BrCl3N3O3/c25-18-6-8-22(34-14-16-3-1-2-4-19(16)26)17(11-18)13-30-31-23(32)9-10-29-24(33)15-5-7-20(27)21(28)12-15/h1-8,11-13H,9-10,14H2,(H,29,33)(H,31,32). The second-order valence-electron chi connectivity index (χ2n) is 6.99. The minimum atomic E-state index is -0.362. The zero-order chi connectivity index (χ0) is 24.5. The van der Waals surface area contributed by atoms with Crippen LogP contribution in [-0.2, 0) is 11.4 Å². The molecule has 0 aliphatic rings. The normalized spacial score (nSPS) is 10.8. The van der Waals surface area contributed by atoms with Crippen molar-refractivity contribution in [3.8, 4) is 5.75 Å². The van der Waals surface area contributed by atoms with Crippen molar-refractivity contribution in [1.82, 2.24) is 10.7 Å². The van der Waals surface area contributed by atoms with Crippen LogP contribution >= 0.6 is 50.7 Å². The highest BCUT2D eigenvalue weighted by Crippen LogP contribution is 2.24. The van der Waals surface area contributed by atoms with E-state index in [2.05, 4.69) is 31.8 Å². The molecule has 0 saturated carbocycles. The minimum absolute atomic E-state index is 0.0404. The van der Waals surface area contributed by atoms with Gasteiger partial charge in [0.05, 0.1) is 16.3 Å². The first-order chi connectivity index (χ1) is 16.3. The lowest BCUT2D eigenvalue weighted by Gasteiger charge is -2.10. The lowest BCUT2D eigenvalue weighted by Crippen LogP contribution is -2.29. The van der Waals surface area contributed by atoms with Crippen LogP contribution in [0, 0.1) is 0 Å². The van der Waals surface area contributed by atoms with Crippen LogP contribution < -0.4 is 15.5 Å². The zero-order valence-electron chi connectivity index (χ0n) is 17.7. The van der Waals surface area contributed by atoms with E-state index in [9.17, 15) is 9.59 Å². The molecule has 0 aromatic heterocycles. The van der Waals surface area contributed by atoms with Crippen LogP contribution in [0.4, 0.5) is 0 Å². The van der Waals surface area contributed by atoms with Gasteiger partial charge in [0.2, 0.25) is 5.91 Å². The summed E-state index contributed by atoms with van der Waals surface area (Å²) in [7, 11) is 0. The number of hydrazone groups is 1. The fourth-order valence-electron chi connectivity index (χ4n) is 2.78. The van der Waals surface area contributed by atoms with Gasteiger partial charge in [0.15, 0.2) is 0 Å². The van der Waals surface area contributed by atoms with Crippen molar-refractivity contribution in [2.45, 2.75) is 13.0 Å². The molecule has 0 atom stereocenters. The Morgan fingerprint density at radius 1 is 0.971 bits per heavy atom. The molecule has 0 aliphatic carbocycles. The molecule has 3 aromatic carbocycles. The average molecular weight is 584 g/mol. The van der Waals surface area contributed by atoms with Crippen LogP contribution in [-0.4, -0.2) is 24.6 Å². The van der Waals surface area contributed by atoms with E-state index in [1.165, 1.54) is 18.3 Å². The summed E-state index contributed by atoms with van der Waals surface area (Å²) < 4.78 is 6.72. The van der Waals surface area contributed by atoms with Gasteiger partial charge in [0, 0.05) is 39.2 Å². The van der Waals surface area contributed by atoms with E-state index in [4.69, 9.17) is 39.5 Å². The van der Waals surface area contributed by atoms with E-state index in [0.717, 1.165) is 10.0 Å². The van der Waals surface area contributed by atoms with Crippen molar-refractivity contribution < 1.29 is 14.3 Å². The number of carbonyl (C=O) groups is 2. The first-order valence-electron chi connectivity index (χ1n) is 10.0. The third-order valence-electron chi connectivity index (χ3n) is 4.53. The number of halogens is 4. The average Bonchev–Trinajstić information content (AvgIpc) is 2.81. The molecule has 10 heteroatoms. The van der Waals surface area contributed by atoms with Gasteiger partial charge in [-0.05, 0) is 42.5 Å². The number of carbonyl (C=O) groups excluding carboxylic acids is 2. The lowest BCUT2D eigenvalue weighted by molar-refractivity contribution is -0.120. The largest absolute Gasteiger partial charge is 0.488 e. The van der Waals surface area contributed by atoms with E-state index >= 15 is 0 Å². The van der Waals surface area contributed by atoms with Gasteiger partial charge in [0.25, 0.3) is 5.91 Å². The van der Waals surface area contributed by atoms with Gasteiger partial charge >= 0.3 is 0 Å². The highest BCUT2D eigenvalue weighted by atomic mass is 79.9. The third kappa shape index (κ3) is 7.74. The van der Waals surface area contributed by atoms with Crippen molar-refractivity contribution in [2.24, 2.45) is 5.10 Å². The van der Waals surface area contributed by atoms with Crippen molar-refractivity contribution in [3.63, 3.8) is 0 Å². The van der Waals surface area contributed by atoms with Gasteiger partial charge in [-0.2, -0.15) is 5.10 Å². The molecule has 0 bridgehead atoms. The molecule has 34 heavy (non-hydrogen) atoms. The molecule has 0 heterocycles. The number of nitrogens with one attached hydrogen (secondary N) is 2. The number of ether oxygens (including phenoxy) is 1. The summed E-state index contributed by atoms with van der Waals surface area (Å²) in [6.07, 6.45) is 1.53. The predicted octanol–water partition coefficient (Wildman–Crippen LogP) is 6.26. The molecule has 0 unspecified atom stereocenters. The summed E-state index contributed by atoms with van der Waals surface area (Å²) in [5.74, 6) is -0.140. The number of hydrogen-bond acceptors (Lipinski definition) is 4. The molecule has 0 aliphatic heterocycles. The van der Waals surface area contributed by atoms with Gasteiger partial charge in [-0.15, -0.1) is 0 Å². The van der Waals surface area contributed by atoms with Gasteiger partial charge in [-0.25, -0.2) is 5.43 Å². The fourth-order valence-corrected chi connectivity index (χ4v) is 3.65. The van der Waals surface area contributed by atoms with E-state index in [1.807, 2.05) is 30.3 Å². The molecule has 6 nitrogen and oxygen atoms in total. The molecule has 2 amide bonds. The van der Waals surface area contributed by atoms with E-state index in [1.54, 1.807) is 18.2 Å². The van der Waals surface area contributed by atoms with Crippen LogP contribution in [0.2, 0.25) is 15.1 Å². The predicted molar refractivity (Wildman–Crippen MR) is 139 cm³/mol. The Morgan fingerprint density at radius 2 is 1.76 bits per heavy atom. The van der Waals surface area contributed by atoms with Gasteiger partial charge in [0.1, 0.15) is 12.4 Å². The minimum Gasteiger partial charge on any atom is -0.488 e. The smallest absolute Gasteiger partial charge is 0.251 e. The van der Waals surface area contributed by atoms with E-state index in [-0.39, 0.29) is 36.4 Å².